The Balaban J connectivity index is 1.94. The van der Waals surface area contributed by atoms with Crippen LogP contribution in [-0.4, -0.2) is 18.3 Å². The highest BCUT2D eigenvalue weighted by Gasteiger charge is 2.21. The molecule has 1 aromatic heterocycles. The summed E-state index contributed by atoms with van der Waals surface area (Å²) in [6, 6.07) is 7.78. The molecule has 0 bridgehead atoms. The predicted octanol–water partition coefficient (Wildman–Crippen LogP) is 2.58. The molecule has 1 aliphatic rings. The maximum Gasteiger partial charge on any atom is 0.255 e. The third kappa shape index (κ3) is 2.69. The first-order valence-corrected chi connectivity index (χ1v) is 7.54. The average molecular weight is 301 g/mol. The number of thiophene rings is 1. The lowest BCUT2D eigenvalue weighted by molar-refractivity contribution is -0.119. The van der Waals surface area contributed by atoms with Crippen LogP contribution in [0.1, 0.15) is 27.7 Å². The monoisotopic (exact) mass is 301 g/mol. The summed E-state index contributed by atoms with van der Waals surface area (Å²) in [6.45, 7) is 1.48. The third-order valence-electron chi connectivity index (χ3n) is 3.52. The fourth-order valence-electron chi connectivity index (χ4n) is 2.53. The van der Waals surface area contributed by atoms with Crippen molar-refractivity contribution in [3.63, 3.8) is 0 Å². The van der Waals surface area contributed by atoms with Crippen molar-refractivity contribution in [3.05, 3.63) is 40.3 Å². The summed E-state index contributed by atoms with van der Waals surface area (Å²) in [6.07, 6.45) is 1.83. The van der Waals surface area contributed by atoms with Gasteiger partial charge in [0.1, 0.15) is 5.75 Å². The highest BCUT2D eigenvalue weighted by Crippen LogP contribution is 2.40. The highest BCUT2D eigenvalue weighted by atomic mass is 32.1. The molecule has 1 aliphatic carbocycles. The van der Waals surface area contributed by atoms with Gasteiger partial charge in [0.15, 0.2) is 12.4 Å². The van der Waals surface area contributed by atoms with Gasteiger partial charge in [-0.25, -0.2) is 0 Å². The van der Waals surface area contributed by atoms with Crippen molar-refractivity contribution in [1.82, 2.24) is 0 Å². The van der Waals surface area contributed by atoms with Crippen LogP contribution in [-0.2, 0) is 17.6 Å². The number of carbonyl (C=O) groups excluding carboxylic acids is 2. The van der Waals surface area contributed by atoms with Gasteiger partial charge in [-0.2, -0.15) is 0 Å². The number of hydrogen-bond donors (Lipinski definition) is 1. The quantitative estimate of drug-likeness (QED) is 0.882. The smallest absolute Gasteiger partial charge is 0.255 e. The number of hydrogen-bond acceptors (Lipinski definition) is 4. The zero-order valence-corrected chi connectivity index (χ0v) is 12.5. The van der Waals surface area contributed by atoms with Gasteiger partial charge in [0.05, 0.1) is 4.88 Å². The maximum atomic E-state index is 11.5. The van der Waals surface area contributed by atoms with E-state index in [1.165, 1.54) is 16.0 Å². The van der Waals surface area contributed by atoms with Crippen LogP contribution in [0.4, 0.5) is 0 Å². The van der Waals surface area contributed by atoms with E-state index in [9.17, 15) is 9.59 Å². The molecule has 0 fully saturated rings. The van der Waals surface area contributed by atoms with E-state index in [4.69, 9.17) is 10.5 Å². The molecule has 1 amide bonds. The number of fused-ring (bicyclic) bond motifs is 3. The van der Waals surface area contributed by atoms with Crippen LogP contribution >= 0.6 is 11.3 Å². The molecule has 0 saturated carbocycles. The Morgan fingerprint density at radius 2 is 2.00 bits per heavy atom. The van der Waals surface area contributed by atoms with E-state index >= 15 is 0 Å². The van der Waals surface area contributed by atoms with Crippen LogP contribution in [0.2, 0.25) is 0 Å². The van der Waals surface area contributed by atoms with E-state index in [-0.39, 0.29) is 12.4 Å². The first-order valence-electron chi connectivity index (χ1n) is 6.72. The number of nitrogens with two attached hydrogens (primary N) is 1. The number of carbonyl (C=O) groups is 2. The third-order valence-corrected chi connectivity index (χ3v) is 4.83. The minimum atomic E-state index is -0.487. The summed E-state index contributed by atoms with van der Waals surface area (Å²) >= 11 is 1.55. The van der Waals surface area contributed by atoms with Crippen molar-refractivity contribution in [2.45, 2.75) is 19.8 Å². The number of amides is 1. The Labute approximate surface area is 126 Å². The van der Waals surface area contributed by atoms with Crippen molar-refractivity contribution >= 4 is 23.0 Å². The van der Waals surface area contributed by atoms with Gasteiger partial charge in [0.25, 0.3) is 5.91 Å². The fraction of sp³-hybridized carbons (Fsp3) is 0.250. The molecule has 1 aromatic carbocycles. The molecular weight excluding hydrogens is 286 g/mol. The summed E-state index contributed by atoms with van der Waals surface area (Å²) in [4.78, 5) is 24.3. The largest absolute Gasteiger partial charge is 0.484 e. The number of aryl methyl sites for hydroxylation is 2. The minimum absolute atomic E-state index is 0.109. The van der Waals surface area contributed by atoms with E-state index < -0.39 is 5.91 Å². The Bertz CT molecular complexity index is 733. The molecule has 2 aromatic rings. The molecule has 0 unspecified atom stereocenters. The van der Waals surface area contributed by atoms with Crippen LogP contribution in [0.3, 0.4) is 0 Å². The molecule has 108 valence electrons. The molecule has 1 heterocycles. The van der Waals surface area contributed by atoms with E-state index in [0.717, 1.165) is 23.3 Å². The summed E-state index contributed by atoms with van der Waals surface area (Å²) < 4.78 is 5.34. The molecule has 0 spiro atoms. The van der Waals surface area contributed by atoms with Gasteiger partial charge in [-0.1, -0.05) is 0 Å². The van der Waals surface area contributed by atoms with E-state index in [1.807, 2.05) is 24.3 Å². The number of Topliss-reactive ketones (excluding diaryl/α,β-unsaturated/α-hetero) is 1. The Morgan fingerprint density at radius 3 is 2.71 bits per heavy atom. The molecule has 3 rings (SSSR count). The van der Waals surface area contributed by atoms with Crippen molar-refractivity contribution < 1.29 is 14.3 Å². The van der Waals surface area contributed by atoms with Gasteiger partial charge in [-0.3, -0.25) is 9.59 Å². The normalized spacial score (nSPS) is 12.4. The molecule has 5 heteroatoms. The Morgan fingerprint density at radius 1 is 1.24 bits per heavy atom. The van der Waals surface area contributed by atoms with E-state index in [0.29, 0.717) is 5.75 Å². The van der Waals surface area contributed by atoms with Gasteiger partial charge in [0.2, 0.25) is 0 Å². The standard InChI is InChI=1S/C16H15NO3S/c1-9(18)14-7-11-3-2-10-6-12(20-8-15(17)19)4-5-13(10)16(11)21-14/h4-7H,2-3,8H2,1H3,(H2,17,19). The second-order valence-electron chi connectivity index (χ2n) is 5.10. The van der Waals surface area contributed by atoms with Crippen molar-refractivity contribution in [3.8, 4) is 16.2 Å². The summed E-state index contributed by atoms with van der Waals surface area (Å²) in [7, 11) is 0. The zero-order valence-electron chi connectivity index (χ0n) is 11.6. The lowest BCUT2D eigenvalue weighted by atomic mass is 9.91. The van der Waals surface area contributed by atoms with Crippen LogP contribution in [0, 0.1) is 0 Å². The summed E-state index contributed by atoms with van der Waals surface area (Å²) in [5.74, 6) is 0.274. The van der Waals surface area contributed by atoms with Crippen molar-refractivity contribution in [1.29, 1.82) is 0 Å². The number of rotatable bonds is 4. The minimum Gasteiger partial charge on any atom is -0.484 e. The Kier molecular flexibility index (Phi) is 3.51. The number of ether oxygens (including phenoxy) is 1. The van der Waals surface area contributed by atoms with Crippen molar-refractivity contribution in [2.75, 3.05) is 6.61 Å². The topological polar surface area (TPSA) is 69.4 Å². The first kappa shape index (κ1) is 13.8. The lowest BCUT2D eigenvalue weighted by Gasteiger charge is -2.17. The fourth-order valence-corrected chi connectivity index (χ4v) is 3.69. The number of ketones is 1. The van der Waals surface area contributed by atoms with Crippen LogP contribution in [0.5, 0.6) is 5.75 Å². The lowest BCUT2D eigenvalue weighted by Crippen LogP contribution is -2.20. The number of primary amides is 1. The van der Waals surface area contributed by atoms with Gasteiger partial charge in [0, 0.05) is 4.88 Å². The summed E-state index contributed by atoms with van der Waals surface area (Å²) in [5, 5.41) is 0. The molecule has 2 N–H and O–H groups in total. The molecule has 21 heavy (non-hydrogen) atoms. The average Bonchev–Trinajstić information content (AvgIpc) is 2.89. The van der Waals surface area contributed by atoms with Crippen molar-refractivity contribution in [2.24, 2.45) is 5.73 Å². The summed E-state index contributed by atoms with van der Waals surface area (Å²) in [5.41, 5.74) is 8.65. The predicted molar refractivity (Wildman–Crippen MR) is 81.9 cm³/mol. The zero-order chi connectivity index (χ0) is 15.0. The Hall–Kier alpha value is -2.14. The van der Waals surface area contributed by atoms with E-state index in [2.05, 4.69) is 0 Å². The molecule has 0 aliphatic heterocycles. The molecule has 0 radical (unpaired) electrons. The molecule has 0 atom stereocenters. The second-order valence-corrected chi connectivity index (χ2v) is 6.15. The second kappa shape index (κ2) is 5.33. The van der Waals surface area contributed by atoms with Gasteiger partial charge in [-0.05, 0) is 60.7 Å². The molecular formula is C16H15NO3S. The first-order chi connectivity index (χ1) is 10.0. The van der Waals surface area contributed by atoms with Gasteiger partial charge < -0.3 is 10.5 Å². The maximum absolute atomic E-state index is 11.5. The SMILES string of the molecule is CC(=O)c1cc2c(s1)-c1ccc(OCC(N)=O)cc1CC2. The molecule has 4 nitrogen and oxygen atoms in total. The highest BCUT2D eigenvalue weighted by molar-refractivity contribution is 7.17. The number of benzene rings is 1. The van der Waals surface area contributed by atoms with Gasteiger partial charge in [-0.15, -0.1) is 11.3 Å². The van der Waals surface area contributed by atoms with Gasteiger partial charge >= 0.3 is 0 Å². The van der Waals surface area contributed by atoms with Crippen LogP contribution in [0.15, 0.2) is 24.3 Å². The van der Waals surface area contributed by atoms with Crippen LogP contribution < -0.4 is 10.5 Å². The van der Waals surface area contributed by atoms with Crippen LogP contribution in [0.25, 0.3) is 10.4 Å². The van der Waals surface area contributed by atoms with E-state index in [1.54, 1.807) is 18.3 Å². The molecule has 0 saturated heterocycles.